The normalized spacial score (nSPS) is 34.5. The van der Waals surface area contributed by atoms with Gasteiger partial charge >= 0.3 is 0 Å². The minimum atomic E-state index is -0.480. The first kappa shape index (κ1) is 12.3. The zero-order chi connectivity index (χ0) is 11.6. The molecule has 0 heterocycles. The summed E-state index contributed by atoms with van der Waals surface area (Å²) in [7, 11) is 2.05. The fraction of sp³-hybridized carbons (Fsp3) is 1.00. The highest BCUT2D eigenvalue weighted by molar-refractivity contribution is 4.90. The van der Waals surface area contributed by atoms with E-state index >= 15 is 0 Å². The second kappa shape index (κ2) is 5.03. The van der Waals surface area contributed by atoms with Crippen LogP contribution in [0, 0.1) is 0 Å². The standard InChI is InChI=1S/C13H25NO2/c1-14(10-13(16)8-4-5-9-13)11-6-2-3-7-12(11)15/h11-12,15-16H,2-10H2,1H3. The number of hydrogen-bond acceptors (Lipinski definition) is 3. The Morgan fingerprint density at radius 3 is 2.38 bits per heavy atom. The maximum absolute atomic E-state index is 10.4. The van der Waals surface area contributed by atoms with Crippen LogP contribution < -0.4 is 0 Å². The Morgan fingerprint density at radius 1 is 1.12 bits per heavy atom. The van der Waals surface area contributed by atoms with Crippen LogP contribution in [0.1, 0.15) is 51.4 Å². The number of hydrogen-bond donors (Lipinski definition) is 2. The molecule has 2 rings (SSSR count). The van der Waals surface area contributed by atoms with E-state index in [-0.39, 0.29) is 12.1 Å². The highest BCUT2D eigenvalue weighted by Gasteiger charge is 2.35. The van der Waals surface area contributed by atoms with Gasteiger partial charge in [0, 0.05) is 12.6 Å². The van der Waals surface area contributed by atoms with Crippen LogP contribution in [0.15, 0.2) is 0 Å². The average molecular weight is 227 g/mol. The van der Waals surface area contributed by atoms with Gasteiger partial charge in [-0.15, -0.1) is 0 Å². The van der Waals surface area contributed by atoms with Crippen LogP contribution >= 0.6 is 0 Å². The predicted octanol–water partition coefficient (Wildman–Crippen LogP) is 1.53. The molecule has 0 amide bonds. The van der Waals surface area contributed by atoms with E-state index in [9.17, 15) is 10.2 Å². The molecule has 2 atom stereocenters. The van der Waals surface area contributed by atoms with Gasteiger partial charge < -0.3 is 10.2 Å². The highest BCUT2D eigenvalue weighted by atomic mass is 16.3. The molecule has 0 aromatic carbocycles. The van der Waals surface area contributed by atoms with Crippen molar-refractivity contribution in [2.75, 3.05) is 13.6 Å². The zero-order valence-electron chi connectivity index (χ0n) is 10.4. The molecule has 2 saturated carbocycles. The van der Waals surface area contributed by atoms with Crippen LogP contribution in [-0.4, -0.2) is 46.5 Å². The molecule has 2 aliphatic rings. The monoisotopic (exact) mass is 227 g/mol. The second-order valence-corrected chi connectivity index (χ2v) is 5.77. The molecule has 2 fully saturated rings. The smallest absolute Gasteiger partial charge is 0.0774 e. The van der Waals surface area contributed by atoms with Crippen molar-refractivity contribution in [3.8, 4) is 0 Å². The largest absolute Gasteiger partial charge is 0.391 e. The van der Waals surface area contributed by atoms with Crippen LogP contribution in [0.3, 0.4) is 0 Å². The van der Waals surface area contributed by atoms with Gasteiger partial charge in [-0.05, 0) is 32.7 Å². The minimum Gasteiger partial charge on any atom is -0.391 e. The van der Waals surface area contributed by atoms with E-state index in [0.717, 1.165) is 51.5 Å². The van der Waals surface area contributed by atoms with Gasteiger partial charge in [0.25, 0.3) is 0 Å². The van der Waals surface area contributed by atoms with Gasteiger partial charge in [0.1, 0.15) is 0 Å². The number of rotatable bonds is 3. The molecule has 0 aliphatic heterocycles. The first-order chi connectivity index (χ1) is 7.61. The number of aliphatic hydroxyl groups is 2. The first-order valence-electron chi connectivity index (χ1n) is 6.71. The molecule has 16 heavy (non-hydrogen) atoms. The average Bonchev–Trinajstić information content (AvgIpc) is 2.65. The highest BCUT2D eigenvalue weighted by Crippen LogP contribution is 2.32. The quantitative estimate of drug-likeness (QED) is 0.768. The zero-order valence-corrected chi connectivity index (χ0v) is 10.4. The second-order valence-electron chi connectivity index (χ2n) is 5.77. The van der Waals surface area contributed by atoms with E-state index in [4.69, 9.17) is 0 Å². The summed E-state index contributed by atoms with van der Waals surface area (Å²) in [6, 6.07) is 0.262. The Kier molecular flexibility index (Phi) is 3.88. The molecule has 0 saturated heterocycles. The van der Waals surface area contributed by atoms with Gasteiger partial charge in [0.05, 0.1) is 11.7 Å². The molecule has 2 aliphatic carbocycles. The van der Waals surface area contributed by atoms with E-state index in [1.807, 2.05) is 0 Å². The SMILES string of the molecule is CN(CC1(O)CCCC1)C1CCCCC1O. The predicted molar refractivity (Wildman–Crippen MR) is 64.3 cm³/mol. The molecule has 3 heteroatoms. The van der Waals surface area contributed by atoms with Gasteiger partial charge in [-0.3, -0.25) is 4.90 Å². The Hall–Kier alpha value is -0.120. The Bertz CT molecular complexity index is 226. The lowest BCUT2D eigenvalue weighted by Crippen LogP contribution is -2.49. The van der Waals surface area contributed by atoms with Crippen molar-refractivity contribution in [1.29, 1.82) is 0 Å². The van der Waals surface area contributed by atoms with Crippen molar-refractivity contribution in [2.45, 2.75) is 69.1 Å². The molecule has 0 bridgehead atoms. The van der Waals surface area contributed by atoms with Crippen molar-refractivity contribution in [1.82, 2.24) is 4.90 Å². The summed E-state index contributed by atoms with van der Waals surface area (Å²) in [5.41, 5.74) is -0.480. The van der Waals surface area contributed by atoms with Gasteiger partial charge in [0.15, 0.2) is 0 Å². The van der Waals surface area contributed by atoms with E-state index in [0.29, 0.717) is 0 Å². The molecular weight excluding hydrogens is 202 g/mol. The third-order valence-corrected chi connectivity index (χ3v) is 4.34. The Balaban J connectivity index is 1.88. The topological polar surface area (TPSA) is 43.7 Å². The van der Waals surface area contributed by atoms with Gasteiger partial charge in [-0.1, -0.05) is 25.7 Å². The van der Waals surface area contributed by atoms with Gasteiger partial charge in [-0.25, -0.2) is 0 Å². The maximum atomic E-state index is 10.4. The molecule has 2 unspecified atom stereocenters. The van der Waals surface area contributed by atoms with Crippen molar-refractivity contribution < 1.29 is 10.2 Å². The van der Waals surface area contributed by atoms with Crippen molar-refractivity contribution >= 4 is 0 Å². The van der Waals surface area contributed by atoms with Crippen LogP contribution in [-0.2, 0) is 0 Å². The van der Waals surface area contributed by atoms with Crippen LogP contribution in [0.2, 0.25) is 0 Å². The molecule has 0 aromatic rings. The Morgan fingerprint density at radius 2 is 1.75 bits per heavy atom. The molecule has 0 radical (unpaired) electrons. The van der Waals surface area contributed by atoms with Crippen molar-refractivity contribution in [3.63, 3.8) is 0 Å². The van der Waals surface area contributed by atoms with Gasteiger partial charge in [-0.2, -0.15) is 0 Å². The minimum absolute atomic E-state index is 0.191. The lowest BCUT2D eigenvalue weighted by atomic mass is 9.90. The summed E-state index contributed by atoms with van der Waals surface area (Å²) in [6.45, 7) is 0.731. The van der Waals surface area contributed by atoms with E-state index in [1.54, 1.807) is 0 Å². The van der Waals surface area contributed by atoms with E-state index < -0.39 is 5.60 Å². The maximum Gasteiger partial charge on any atom is 0.0774 e. The molecule has 0 aromatic heterocycles. The van der Waals surface area contributed by atoms with Gasteiger partial charge in [0.2, 0.25) is 0 Å². The van der Waals surface area contributed by atoms with Crippen LogP contribution in [0.5, 0.6) is 0 Å². The summed E-state index contributed by atoms with van der Waals surface area (Å²) in [5.74, 6) is 0. The molecule has 3 nitrogen and oxygen atoms in total. The number of nitrogens with zero attached hydrogens (tertiary/aromatic N) is 1. The van der Waals surface area contributed by atoms with Crippen LogP contribution in [0.25, 0.3) is 0 Å². The summed E-state index contributed by atoms with van der Waals surface area (Å²) in [6.07, 6.45) is 8.33. The molecule has 0 spiro atoms. The lowest BCUT2D eigenvalue weighted by molar-refractivity contribution is -0.0294. The summed E-state index contributed by atoms with van der Waals surface area (Å²) in [5, 5.41) is 20.3. The van der Waals surface area contributed by atoms with Crippen molar-refractivity contribution in [3.05, 3.63) is 0 Å². The van der Waals surface area contributed by atoms with E-state index in [1.165, 1.54) is 6.42 Å². The summed E-state index contributed by atoms with van der Waals surface area (Å²) in [4.78, 5) is 2.19. The third kappa shape index (κ3) is 2.76. The fourth-order valence-electron chi connectivity index (χ4n) is 3.38. The number of aliphatic hydroxyl groups excluding tert-OH is 1. The molecule has 2 N–H and O–H groups in total. The number of likely N-dealkylation sites (N-methyl/N-ethyl adjacent to an activating group) is 1. The molecular formula is C13H25NO2. The van der Waals surface area contributed by atoms with E-state index in [2.05, 4.69) is 11.9 Å². The summed E-state index contributed by atoms with van der Waals surface area (Å²) >= 11 is 0. The third-order valence-electron chi connectivity index (χ3n) is 4.34. The lowest BCUT2D eigenvalue weighted by Gasteiger charge is -2.38. The fourth-order valence-corrected chi connectivity index (χ4v) is 3.38. The summed E-state index contributed by atoms with van der Waals surface area (Å²) < 4.78 is 0. The Labute approximate surface area is 98.5 Å². The first-order valence-corrected chi connectivity index (χ1v) is 6.71. The molecule has 94 valence electrons. The van der Waals surface area contributed by atoms with Crippen molar-refractivity contribution in [2.24, 2.45) is 0 Å². The van der Waals surface area contributed by atoms with Crippen LogP contribution in [0.4, 0.5) is 0 Å².